The van der Waals surface area contributed by atoms with Gasteiger partial charge in [-0.25, -0.2) is 23.0 Å². The predicted molar refractivity (Wildman–Crippen MR) is 83.7 cm³/mol. The molecule has 0 saturated carbocycles. The molecule has 1 N–H and O–H groups in total. The molecule has 0 aromatic heterocycles. The van der Waals surface area contributed by atoms with Crippen LogP contribution in [-0.2, 0) is 24.2 Å². The Morgan fingerprint density at radius 2 is 1.92 bits per heavy atom. The third-order valence-electron chi connectivity index (χ3n) is 3.74. The van der Waals surface area contributed by atoms with E-state index in [9.17, 15) is 27.4 Å². The van der Waals surface area contributed by atoms with E-state index in [0.717, 1.165) is 9.91 Å². The van der Waals surface area contributed by atoms with Crippen molar-refractivity contribution in [2.45, 2.75) is 51.3 Å². The highest BCUT2D eigenvalue weighted by Crippen LogP contribution is 2.30. The highest BCUT2D eigenvalue weighted by atomic mass is 32.3. The maximum absolute atomic E-state index is 12.4. The molecular formula is C13H21N4O8S-. The molecule has 0 aromatic carbocycles. The molecule has 13 heteroatoms. The second kappa shape index (κ2) is 6.89. The highest BCUT2D eigenvalue weighted by Gasteiger charge is 2.49. The lowest BCUT2D eigenvalue weighted by Gasteiger charge is -2.31. The zero-order valence-electron chi connectivity index (χ0n) is 14.8. The minimum Gasteiger partial charge on any atom is -0.724 e. The first kappa shape index (κ1) is 20.2. The lowest BCUT2D eigenvalue weighted by atomic mass is 10.0. The maximum Gasteiger partial charge on any atom is 0.428 e. The van der Waals surface area contributed by atoms with E-state index < -0.39 is 46.1 Å². The molecule has 2 saturated heterocycles. The van der Waals surface area contributed by atoms with Gasteiger partial charge in [-0.2, -0.15) is 9.35 Å². The van der Waals surface area contributed by atoms with Gasteiger partial charge in [-0.3, -0.25) is 10.2 Å². The summed E-state index contributed by atoms with van der Waals surface area (Å²) in [4.78, 5) is 37.6. The van der Waals surface area contributed by atoms with E-state index in [1.165, 1.54) is 7.05 Å². The molecule has 26 heavy (non-hydrogen) atoms. The molecule has 4 amide bonds. The molecule has 12 nitrogen and oxygen atoms in total. The molecular weight excluding hydrogens is 372 g/mol. The van der Waals surface area contributed by atoms with Gasteiger partial charge in [0, 0.05) is 13.6 Å². The normalized spacial score (nSPS) is 23.0. The van der Waals surface area contributed by atoms with Gasteiger partial charge in [0.25, 0.3) is 5.91 Å². The number of nitrogens with zero attached hydrogens (tertiary/aromatic N) is 3. The van der Waals surface area contributed by atoms with E-state index in [4.69, 9.17) is 4.74 Å². The Morgan fingerprint density at radius 1 is 1.31 bits per heavy atom. The lowest BCUT2D eigenvalue weighted by Crippen LogP contribution is -2.55. The predicted octanol–water partition coefficient (Wildman–Crippen LogP) is -0.455. The minimum atomic E-state index is -5.11. The van der Waals surface area contributed by atoms with Gasteiger partial charge in [0.05, 0.1) is 6.04 Å². The van der Waals surface area contributed by atoms with E-state index in [0.29, 0.717) is 5.06 Å². The molecule has 2 aliphatic heterocycles. The van der Waals surface area contributed by atoms with Crippen LogP contribution in [0.15, 0.2) is 0 Å². The number of carbonyl (C=O) groups excluding carboxylic acids is 3. The van der Waals surface area contributed by atoms with Crippen LogP contribution in [0.5, 0.6) is 0 Å². The van der Waals surface area contributed by atoms with Crippen molar-refractivity contribution in [3.8, 4) is 0 Å². The Kier molecular flexibility index (Phi) is 5.35. The van der Waals surface area contributed by atoms with Crippen LogP contribution >= 0.6 is 0 Å². The van der Waals surface area contributed by atoms with Crippen LogP contribution in [0.4, 0.5) is 9.59 Å². The summed E-state index contributed by atoms with van der Waals surface area (Å²) in [6.45, 7) is 5.04. The summed E-state index contributed by atoms with van der Waals surface area (Å²) in [5.74, 6) is -0.642. The van der Waals surface area contributed by atoms with Crippen molar-refractivity contribution in [3.63, 3.8) is 0 Å². The maximum atomic E-state index is 12.4. The van der Waals surface area contributed by atoms with Crippen LogP contribution in [0.25, 0.3) is 0 Å². The van der Waals surface area contributed by atoms with Gasteiger partial charge in [0.15, 0.2) is 0 Å². The Bertz CT molecular complexity index is 703. The molecule has 0 aromatic rings. The first-order valence-corrected chi connectivity index (χ1v) is 9.14. The van der Waals surface area contributed by atoms with Crippen LogP contribution < -0.4 is 5.43 Å². The average Bonchev–Trinajstić information content (AvgIpc) is 2.69. The summed E-state index contributed by atoms with van der Waals surface area (Å²) in [6.07, 6.45) is -0.315. The largest absolute Gasteiger partial charge is 0.724 e. The third-order valence-corrected chi connectivity index (χ3v) is 4.09. The molecule has 2 rings (SSSR count). The number of nitrogens with one attached hydrogen (secondary N) is 1. The van der Waals surface area contributed by atoms with Gasteiger partial charge in [0.2, 0.25) is 10.4 Å². The first-order valence-electron chi connectivity index (χ1n) is 7.81. The van der Waals surface area contributed by atoms with Crippen LogP contribution in [0.3, 0.4) is 0 Å². The summed E-state index contributed by atoms with van der Waals surface area (Å²) in [5.41, 5.74) is 1.58. The quantitative estimate of drug-likeness (QED) is 0.385. The molecule has 2 bridgehead atoms. The van der Waals surface area contributed by atoms with E-state index in [2.05, 4.69) is 9.71 Å². The van der Waals surface area contributed by atoms with E-state index >= 15 is 0 Å². The second-order valence-corrected chi connectivity index (χ2v) is 7.97. The van der Waals surface area contributed by atoms with Gasteiger partial charge < -0.3 is 14.2 Å². The molecule has 148 valence electrons. The van der Waals surface area contributed by atoms with Crippen LogP contribution in [0.1, 0.15) is 33.6 Å². The summed E-state index contributed by atoms with van der Waals surface area (Å²) in [5, 5.41) is 1.34. The number of urea groups is 1. The fraction of sp³-hybridized carbons (Fsp3) is 0.769. The summed E-state index contributed by atoms with van der Waals surface area (Å²) in [6, 6.07) is -2.47. The topological polar surface area (TPSA) is 149 Å². The zero-order valence-corrected chi connectivity index (χ0v) is 15.6. The van der Waals surface area contributed by atoms with Gasteiger partial charge in [-0.05, 0) is 33.6 Å². The van der Waals surface area contributed by atoms with Crippen molar-refractivity contribution in [2.24, 2.45) is 0 Å². The van der Waals surface area contributed by atoms with Gasteiger partial charge in [-0.15, -0.1) is 0 Å². The molecule has 0 radical (unpaired) electrons. The molecule has 2 fully saturated rings. The summed E-state index contributed by atoms with van der Waals surface area (Å²) in [7, 11) is -3.81. The monoisotopic (exact) mass is 393 g/mol. The highest BCUT2D eigenvalue weighted by molar-refractivity contribution is 7.80. The fourth-order valence-corrected chi connectivity index (χ4v) is 3.10. The Labute approximate surface area is 150 Å². The third kappa shape index (κ3) is 4.74. The number of hydroxylamine groups is 2. The number of fused-ring (bicyclic) bond motifs is 2. The van der Waals surface area contributed by atoms with Gasteiger partial charge in [-0.1, -0.05) is 0 Å². The van der Waals surface area contributed by atoms with Crippen molar-refractivity contribution in [1.29, 1.82) is 0 Å². The van der Waals surface area contributed by atoms with Crippen molar-refractivity contribution in [1.82, 2.24) is 20.4 Å². The smallest absolute Gasteiger partial charge is 0.428 e. The molecule has 0 aliphatic carbocycles. The number of hydrazine groups is 1. The summed E-state index contributed by atoms with van der Waals surface area (Å²) >= 11 is 0. The van der Waals surface area contributed by atoms with Crippen LogP contribution in [0, 0.1) is 0 Å². The van der Waals surface area contributed by atoms with E-state index in [-0.39, 0.29) is 19.4 Å². The number of hydrogen-bond acceptors (Lipinski definition) is 8. The Hall–Kier alpha value is -2.12. The first-order chi connectivity index (χ1) is 11.8. The Morgan fingerprint density at radius 3 is 2.46 bits per heavy atom. The average molecular weight is 393 g/mol. The molecule has 2 aliphatic rings. The Balaban J connectivity index is 2.01. The lowest BCUT2D eigenvalue weighted by molar-refractivity contribution is -0.130. The standard InChI is InChI=1S/C13H22N4O8S/c1-13(2,3)24-12(20)15(4)14-10(18)9-6-5-8-7-16(9)11(19)17(8)25-26(21,22)23/h8-9H,5-7H2,1-4H3,(H,14,18)(H,21,22,23)/p-1/t8-,9+/m1/s1. The van der Waals surface area contributed by atoms with E-state index in [1.807, 2.05) is 0 Å². The number of hydrogen-bond donors (Lipinski definition) is 1. The number of amides is 4. The van der Waals surface area contributed by atoms with E-state index in [1.54, 1.807) is 20.8 Å². The van der Waals surface area contributed by atoms with Crippen LogP contribution in [-0.4, -0.2) is 77.3 Å². The number of carbonyl (C=O) groups is 3. The molecule has 0 unspecified atom stereocenters. The SMILES string of the molecule is CN(NC(=O)[C@@H]1CC[C@@H]2CN1C(=O)N2OS(=O)(=O)[O-])C(=O)OC(C)(C)C. The van der Waals surface area contributed by atoms with Gasteiger partial charge in [0.1, 0.15) is 11.6 Å². The van der Waals surface area contributed by atoms with Crippen molar-refractivity contribution < 1.29 is 36.4 Å². The van der Waals surface area contributed by atoms with Gasteiger partial charge >= 0.3 is 12.1 Å². The van der Waals surface area contributed by atoms with Crippen LogP contribution in [0.2, 0.25) is 0 Å². The van der Waals surface area contributed by atoms with Crippen molar-refractivity contribution in [2.75, 3.05) is 13.6 Å². The second-order valence-electron chi connectivity index (χ2n) is 7.01. The molecule has 2 heterocycles. The molecule has 2 atom stereocenters. The minimum absolute atomic E-state index is 0.0303. The molecule has 0 spiro atoms. The van der Waals surface area contributed by atoms with Crippen molar-refractivity contribution in [3.05, 3.63) is 0 Å². The number of rotatable bonds is 3. The number of piperidine rings is 1. The zero-order chi connectivity index (χ0) is 19.9. The van der Waals surface area contributed by atoms with Crippen molar-refractivity contribution >= 4 is 28.4 Å². The number of ether oxygens (including phenoxy) is 1. The fourth-order valence-electron chi connectivity index (χ4n) is 2.72. The summed E-state index contributed by atoms with van der Waals surface area (Å²) < 4.78 is 41.5.